The number of rotatable bonds is 4. The number of aromatic nitrogens is 4. The van der Waals surface area contributed by atoms with Crippen LogP contribution in [0.15, 0.2) is 48.9 Å². The molecule has 0 amide bonds. The minimum absolute atomic E-state index is 0.112. The van der Waals surface area contributed by atoms with Gasteiger partial charge in [-0.05, 0) is 29.7 Å². The van der Waals surface area contributed by atoms with Crippen molar-refractivity contribution in [2.75, 3.05) is 24.4 Å². The fourth-order valence-corrected chi connectivity index (χ4v) is 2.61. The lowest BCUT2D eigenvalue weighted by atomic mass is 10.1. The molecule has 0 atom stereocenters. The highest BCUT2D eigenvalue weighted by atomic mass is 19.4. The Morgan fingerprint density at radius 3 is 2.50 bits per heavy atom. The molecule has 3 aromatic heterocycles. The first-order valence-electron chi connectivity index (χ1n) is 9.12. The molecule has 4 rings (SSSR count). The Balaban J connectivity index is 0.000000757. The third-order valence-electron chi connectivity index (χ3n) is 3.77. The lowest BCUT2D eigenvalue weighted by Gasteiger charge is -2.12. The van der Waals surface area contributed by atoms with Crippen LogP contribution in [-0.2, 0) is 0 Å². The summed E-state index contributed by atoms with van der Waals surface area (Å²) in [6.45, 7) is 2.83. The molecular weight excluding hydrogens is 400 g/mol. The number of nitrogens with one attached hydrogen (secondary N) is 3. The van der Waals surface area contributed by atoms with Crippen molar-refractivity contribution in [3.63, 3.8) is 0 Å². The molecule has 0 fully saturated rings. The molecule has 4 aromatic rings. The normalized spacial score (nSPS) is 10.6. The molecule has 0 aliphatic carbocycles. The van der Waals surface area contributed by atoms with Crippen LogP contribution in [0.25, 0.3) is 21.8 Å². The molecule has 160 valence electrons. The molecule has 6 nitrogen and oxygen atoms in total. The zero-order valence-electron chi connectivity index (χ0n) is 16.7. The van der Waals surface area contributed by atoms with Crippen LogP contribution in [0.4, 0.5) is 35.0 Å². The van der Waals surface area contributed by atoms with Gasteiger partial charge in [-0.1, -0.05) is 19.9 Å². The minimum atomic E-state index is -4.34. The van der Waals surface area contributed by atoms with Gasteiger partial charge in [0.2, 0.25) is 5.95 Å². The molecule has 1 aromatic carbocycles. The smallest absolute Gasteiger partial charge is 0.360 e. The molecule has 0 aliphatic heterocycles. The maximum Gasteiger partial charge on any atom is 0.405 e. The van der Waals surface area contributed by atoms with Crippen molar-refractivity contribution in [2.24, 2.45) is 0 Å². The van der Waals surface area contributed by atoms with E-state index in [2.05, 4.69) is 30.6 Å². The predicted molar refractivity (Wildman–Crippen MR) is 112 cm³/mol. The third-order valence-corrected chi connectivity index (χ3v) is 3.77. The predicted octanol–water partition coefficient (Wildman–Crippen LogP) is 5.84. The average Bonchev–Trinajstić information content (AvgIpc) is 3.23. The quantitative estimate of drug-likeness (QED) is 0.360. The summed E-state index contributed by atoms with van der Waals surface area (Å²) >= 11 is 0. The van der Waals surface area contributed by atoms with Gasteiger partial charge in [0.25, 0.3) is 0 Å². The highest BCUT2D eigenvalue weighted by Gasteiger charge is 2.27. The van der Waals surface area contributed by atoms with Gasteiger partial charge >= 0.3 is 6.18 Å². The molecule has 0 unspecified atom stereocenters. The van der Waals surface area contributed by atoms with Crippen LogP contribution in [0.3, 0.4) is 0 Å². The Hall–Kier alpha value is -3.43. The molecule has 0 aliphatic rings. The molecule has 10 heteroatoms. The van der Waals surface area contributed by atoms with Crippen LogP contribution in [0.2, 0.25) is 0 Å². The van der Waals surface area contributed by atoms with Gasteiger partial charge in [0.05, 0.1) is 12.6 Å². The second kappa shape index (κ2) is 10.4. The van der Waals surface area contributed by atoms with Crippen molar-refractivity contribution >= 4 is 39.3 Å². The van der Waals surface area contributed by atoms with Gasteiger partial charge in [-0.2, -0.15) is 23.1 Å². The number of nitrogens with zero attached hydrogens (tertiary/aromatic N) is 3. The Kier molecular flexibility index (Phi) is 7.90. The van der Waals surface area contributed by atoms with Crippen LogP contribution in [0, 0.1) is 0 Å². The zero-order valence-corrected chi connectivity index (χ0v) is 16.7. The highest BCUT2D eigenvalue weighted by molar-refractivity contribution is 5.89. The summed E-state index contributed by atoms with van der Waals surface area (Å²) in [5, 5.41) is 7.80. The summed E-state index contributed by atoms with van der Waals surface area (Å²) in [5.41, 5.74) is 1.16. The Morgan fingerprint density at radius 2 is 1.77 bits per heavy atom. The molecule has 3 heterocycles. The number of hydrogen-bond acceptors (Lipinski definition) is 5. The van der Waals surface area contributed by atoms with Crippen molar-refractivity contribution in [2.45, 2.75) is 20.0 Å². The average molecular weight is 422 g/mol. The molecule has 0 saturated heterocycles. The summed E-state index contributed by atoms with van der Waals surface area (Å²) in [4.78, 5) is 15.4. The molecule has 0 saturated carbocycles. The number of anilines is 3. The van der Waals surface area contributed by atoms with E-state index in [1.165, 1.54) is 0 Å². The monoisotopic (exact) mass is 422 g/mol. The first-order chi connectivity index (χ1) is 14.5. The van der Waals surface area contributed by atoms with Gasteiger partial charge < -0.3 is 15.6 Å². The Labute approximate surface area is 170 Å². The van der Waals surface area contributed by atoms with Crippen molar-refractivity contribution in [3.05, 3.63) is 48.9 Å². The summed E-state index contributed by atoms with van der Waals surface area (Å²) in [6.07, 6.45) is 0.699. The van der Waals surface area contributed by atoms with Gasteiger partial charge in [0.15, 0.2) is 0 Å². The van der Waals surface area contributed by atoms with Crippen LogP contribution in [0.5, 0.6) is 0 Å². The highest BCUT2D eigenvalue weighted by Crippen LogP contribution is 2.25. The van der Waals surface area contributed by atoms with E-state index in [0.29, 0.717) is 18.2 Å². The number of halogens is 4. The number of pyridine rings is 1. The first kappa shape index (κ1) is 22.9. The lowest BCUT2D eigenvalue weighted by Crippen LogP contribution is -2.22. The topological polar surface area (TPSA) is 78.5 Å². The second-order valence-electron chi connectivity index (χ2n) is 5.67. The minimum Gasteiger partial charge on any atom is -0.360 e. The first-order valence-corrected chi connectivity index (χ1v) is 9.12. The summed E-state index contributed by atoms with van der Waals surface area (Å²) in [6, 6.07) is 9.10. The molecular formula is C20H22F4N6. The number of alkyl halides is 4. The molecule has 0 bridgehead atoms. The van der Waals surface area contributed by atoms with E-state index >= 15 is 0 Å². The van der Waals surface area contributed by atoms with Crippen LogP contribution in [0.1, 0.15) is 13.8 Å². The van der Waals surface area contributed by atoms with Gasteiger partial charge in [0.1, 0.15) is 18.0 Å². The van der Waals surface area contributed by atoms with Gasteiger partial charge in [-0.25, -0.2) is 0 Å². The Bertz CT molecular complexity index is 1080. The summed E-state index contributed by atoms with van der Waals surface area (Å²) < 4.78 is 47.1. The standard InChI is InChI=1S/C17H13F3N6.C2H6.CH3F/c18-17(19,20)9-23-15-13-4-6-22-14(13)25-16(26-15)24-12-2-1-11-8-21-5-3-10(11)7-12;2*1-2/h1-8H,9H2,(H3,22,23,24,25,26);1-2H3;1H3. The van der Waals surface area contributed by atoms with Crippen molar-refractivity contribution < 1.29 is 17.6 Å². The van der Waals surface area contributed by atoms with E-state index in [1.54, 1.807) is 24.7 Å². The van der Waals surface area contributed by atoms with E-state index in [1.807, 2.05) is 38.1 Å². The maximum absolute atomic E-state index is 12.5. The molecule has 3 N–H and O–H groups in total. The number of H-pyrrole nitrogens is 1. The van der Waals surface area contributed by atoms with Crippen LogP contribution < -0.4 is 10.6 Å². The summed E-state index contributed by atoms with van der Waals surface area (Å²) in [7, 11) is 0.500. The third kappa shape index (κ3) is 5.79. The summed E-state index contributed by atoms with van der Waals surface area (Å²) in [5.74, 6) is 0.305. The number of aromatic amines is 1. The van der Waals surface area contributed by atoms with Crippen molar-refractivity contribution in [3.8, 4) is 0 Å². The zero-order chi connectivity index (χ0) is 22.1. The Morgan fingerprint density at radius 1 is 1.00 bits per heavy atom. The second-order valence-corrected chi connectivity index (χ2v) is 5.67. The van der Waals surface area contributed by atoms with Crippen LogP contribution in [-0.4, -0.2) is 39.8 Å². The largest absolute Gasteiger partial charge is 0.405 e. The number of hydrogen-bond donors (Lipinski definition) is 3. The fraction of sp³-hybridized carbons (Fsp3) is 0.250. The van der Waals surface area contributed by atoms with E-state index < -0.39 is 12.7 Å². The van der Waals surface area contributed by atoms with Gasteiger partial charge in [-0.3, -0.25) is 9.37 Å². The SMILES string of the molecule is CC.CF.FC(F)(F)CNc1nc(Nc2ccc3cnccc3c2)nc2[nH]ccc12. The lowest BCUT2D eigenvalue weighted by molar-refractivity contribution is -0.115. The van der Waals surface area contributed by atoms with Crippen molar-refractivity contribution in [1.82, 2.24) is 19.9 Å². The van der Waals surface area contributed by atoms with E-state index in [9.17, 15) is 17.6 Å². The molecule has 0 spiro atoms. The van der Waals surface area contributed by atoms with Crippen LogP contribution >= 0.6 is 0 Å². The molecule has 30 heavy (non-hydrogen) atoms. The molecule has 0 radical (unpaired) electrons. The number of fused-ring (bicyclic) bond motifs is 2. The van der Waals surface area contributed by atoms with E-state index in [0.717, 1.165) is 16.5 Å². The van der Waals surface area contributed by atoms with Gasteiger partial charge in [0, 0.05) is 29.7 Å². The van der Waals surface area contributed by atoms with Crippen molar-refractivity contribution in [1.29, 1.82) is 0 Å². The van der Waals surface area contributed by atoms with Gasteiger partial charge in [-0.15, -0.1) is 0 Å². The van der Waals surface area contributed by atoms with E-state index in [-0.39, 0.29) is 11.8 Å². The number of benzene rings is 1. The fourth-order valence-electron chi connectivity index (χ4n) is 2.61. The van der Waals surface area contributed by atoms with E-state index in [4.69, 9.17) is 0 Å². The maximum atomic E-state index is 12.5.